The van der Waals surface area contributed by atoms with Gasteiger partial charge >= 0.3 is 0 Å². The van der Waals surface area contributed by atoms with Crippen molar-refractivity contribution in [2.24, 2.45) is 10.1 Å². The molecule has 3 aromatic carbocycles. The summed E-state index contributed by atoms with van der Waals surface area (Å²) in [6.07, 6.45) is 0.771. The zero-order valence-electron chi connectivity index (χ0n) is 20.9. The van der Waals surface area contributed by atoms with Gasteiger partial charge in [0, 0.05) is 25.2 Å². The van der Waals surface area contributed by atoms with Crippen LogP contribution in [0.3, 0.4) is 0 Å². The fourth-order valence-electron chi connectivity index (χ4n) is 3.98. The van der Waals surface area contributed by atoms with Crippen LogP contribution in [-0.2, 0) is 33.1 Å². The summed E-state index contributed by atoms with van der Waals surface area (Å²) >= 11 is 1.19. The number of nitrogens with zero attached hydrogens (tertiary/aromatic N) is 3. The highest BCUT2D eigenvalue weighted by Crippen LogP contribution is 2.22. The minimum absolute atomic E-state index is 0.0158. The number of sulfonamides is 2. The highest BCUT2D eigenvalue weighted by molar-refractivity contribution is 7.89. The molecule has 0 radical (unpaired) electrons. The first-order valence-corrected chi connectivity index (χ1v) is 15.7. The van der Waals surface area contributed by atoms with Crippen LogP contribution in [0.1, 0.15) is 36.2 Å². The lowest BCUT2D eigenvalue weighted by Gasteiger charge is -2.20. The van der Waals surface area contributed by atoms with Crippen LogP contribution in [0.5, 0.6) is 0 Å². The van der Waals surface area contributed by atoms with Crippen LogP contribution in [0, 0.1) is 0 Å². The minimum Gasteiger partial charge on any atom is -0.316 e. The van der Waals surface area contributed by atoms with E-state index in [1.165, 1.54) is 52.0 Å². The molecule has 38 heavy (non-hydrogen) atoms. The molecule has 0 aliphatic carbocycles. The molecule has 0 saturated carbocycles. The maximum atomic E-state index is 13.2. The van der Waals surface area contributed by atoms with E-state index in [1.807, 2.05) is 41.8 Å². The van der Waals surface area contributed by atoms with E-state index in [2.05, 4.69) is 4.99 Å². The molecule has 4 rings (SSSR count). The second-order valence-electron chi connectivity index (χ2n) is 8.57. The van der Waals surface area contributed by atoms with Crippen molar-refractivity contribution in [3.63, 3.8) is 0 Å². The standard InChI is InChI=1S/C26H28N4O5S3/c1-3-16-30-23-15-14-22(37(27,32)33)17-24(23)36-26(30)28-25(31)20-10-12-21(13-11-20)38(34,35)29(4-2)18-19-8-6-5-7-9-19/h5-15,17H,3-4,16,18H2,1-2H3,(H2,27,32,33). The van der Waals surface area contributed by atoms with E-state index >= 15 is 0 Å². The Morgan fingerprint density at radius 1 is 0.947 bits per heavy atom. The van der Waals surface area contributed by atoms with E-state index in [1.54, 1.807) is 13.0 Å². The van der Waals surface area contributed by atoms with Gasteiger partial charge in [-0.15, -0.1) is 0 Å². The maximum Gasteiger partial charge on any atom is 0.279 e. The van der Waals surface area contributed by atoms with Gasteiger partial charge in [0.25, 0.3) is 5.91 Å². The fourth-order valence-corrected chi connectivity index (χ4v) is 7.12. The van der Waals surface area contributed by atoms with Crippen molar-refractivity contribution in [1.82, 2.24) is 8.87 Å². The predicted molar refractivity (Wildman–Crippen MR) is 148 cm³/mol. The Morgan fingerprint density at radius 2 is 1.61 bits per heavy atom. The molecular weight excluding hydrogens is 545 g/mol. The first kappa shape index (κ1) is 27.9. The molecule has 2 N–H and O–H groups in total. The van der Waals surface area contributed by atoms with Crippen molar-refractivity contribution in [3.8, 4) is 0 Å². The number of hydrogen-bond donors (Lipinski definition) is 1. The molecule has 12 heteroatoms. The number of benzene rings is 3. The van der Waals surface area contributed by atoms with Crippen LogP contribution in [0.2, 0.25) is 0 Å². The van der Waals surface area contributed by atoms with Crippen LogP contribution in [0.4, 0.5) is 0 Å². The summed E-state index contributed by atoms with van der Waals surface area (Å²) in [7, 11) is -7.64. The summed E-state index contributed by atoms with van der Waals surface area (Å²) < 4.78 is 53.8. The number of hydrogen-bond acceptors (Lipinski definition) is 6. The van der Waals surface area contributed by atoms with Gasteiger partial charge in [0.15, 0.2) is 4.80 Å². The summed E-state index contributed by atoms with van der Waals surface area (Å²) in [5.74, 6) is -0.534. The van der Waals surface area contributed by atoms with Gasteiger partial charge in [0.2, 0.25) is 20.0 Å². The molecule has 0 saturated heterocycles. The first-order valence-electron chi connectivity index (χ1n) is 11.9. The highest BCUT2D eigenvalue weighted by atomic mass is 32.2. The zero-order valence-corrected chi connectivity index (χ0v) is 23.4. The van der Waals surface area contributed by atoms with Crippen molar-refractivity contribution in [3.05, 3.63) is 88.7 Å². The van der Waals surface area contributed by atoms with Crippen molar-refractivity contribution in [1.29, 1.82) is 0 Å². The molecule has 1 aromatic heterocycles. The number of carbonyl (C=O) groups excluding carboxylic acids is 1. The summed E-state index contributed by atoms with van der Waals surface area (Å²) in [6.45, 7) is 4.87. The summed E-state index contributed by atoms with van der Waals surface area (Å²) in [5.41, 5.74) is 1.86. The number of carbonyl (C=O) groups is 1. The number of amides is 1. The average molecular weight is 573 g/mol. The minimum atomic E-state index is -3.87. The van der Waals surface area contributed by atoms with Crippen molar-refractivity contribution in [2.75, 3.05) is 6.54 Å². The average Bonchev–Trinajstić information content (AvgIpc) is 3.23. The topological polar surface area (TPSA) is 132 Å². The largest absolute Gasteiger partial charge is 0.316 e. The Labute approximate surface area is 226 Å². The Bertz CT molecular complexity index is 1740. The molecule has 0 atom stereocenters. The summed E-state index contributed by atoms with van der Waals surface area (Å²) in [4.78, 5) is 17.8. The fraction of sp³-hybridized carbons (Fsp3) is 0.231. The lowest BCUT2D eigenvalue weighted by molar-refractivity contribution is 0.0997. The van der Waals surface area contributed by atoms with Gasteiger partial charge in [-0.05, 0) is 54.4 Å². The van der Waals surface area contributed by atoms with E-state index in [4.69, 9.17) is 5.14 Å². The predicted octanol–water partition coefficient (Wildman–Crippen LogP) is 3.71. The molecule has 1 amide bonds. The summed E-state index contributed by atoms with van der Waals surface area (Å²) in [6, 6.07) is 19.6. The molecule has 1 heterocycles. The number of nitrogens with two attached hydrogens (primary N) is 1. The molecule has 0 bridgehead atoms. The van der Waals surface area contributed by atoms with E-state index < -0.39 is 26.0 Å². The SMILES string of the molecule is CCCn1c(=NC(=O)c2ccc(S(=O)(=O)N(CC)Cc3ccccc3)cc2)sc2cc(S(N)(=O)=O)ccc21. The Balaban J connectivity index is 1.65. The van der Waals surface area contributed by atoms with Crippen LogP contribution in [0.25, 0.3) is 10.2 Å². The van der Waals surface area contributed by atoms with Crippen molar-refractivity contribution in [2.45, 2.75) is 43.1 Å². The van der Waals surface area contributed by atoms with E-state index in [9.17, 15) is 21.6 Å². The van der Waals surface area contributed by atoms with Crippen molar-refractivity contribution < 1.29 is 21.6 Å². The van der Waals surface area contributed by atoms with Crippen LogP contribution in [-0.4, -0.2) is 38.2 Å². The summed E-state index contributed by atoms with van der Waals surface area (Å²) in [5, 5.41) is 5.26. The van der Waals surface area contributed by atoms with E-state index in [0.717, 1.165) is 17.5 Å². The first-order chi connectivity index (χ1) is 18.0. The Kier molecular flexibility index (Phi) is 8.28. The van der Waals surface area contributed by atoms with E-state index in [-0.39, 0.29) is 21.9 Å². The number of primary sulfonamides is 1. The Morgan fingerprint density at radius 3 is 2.21 bits per heavy atom. The van der Waals surface area contributed by atoms with Crippen LogP contribution in [0.15, 0.2) is 87.6 Å². The third-order valence-electron chi connectivity index (χ3n) is 5.92. The van der Waals surface area contributed by atoms with Gasteiger partial charge in [0.1, 0.15) is 0 Å². The maximum absolute atomic E-state index is 13.2. The van der Waals surface area contributed by atoms with Gasteiger partial charge in [-0.1, -0.05) is 55.5 Å². The smallest absolute Gasteiger partial charge is 0.279 e. The zero-order chi connectivity index (χ0) is 27.5. The van der Waals surface area contributed by atoms with Crippen LogP contribution < -0.4 is 9.94 Å². The quantitative estimate of drug-likeness (QED) is 0.327. The van der Waals surface area contributed by atoms with Crippen LogP contribution >= 0.6 is 11.3 Å². The molecule has 4 aromatic rings. The second kappa shape index (κ2) is 11.3. The molecule has 200 valence electrons. The molecular formula is C26H28N4O5S3. The van der Waals surface area contributed by atoms with Gasteiger partial charge in [0.05, 0.1) is 20.0 Å². The second-order valence-corrected chi connectivity index (χ2v) is 13.1. The van der Waals surface area contributed by atoms with Gasteiger partial charge in [-0.2, -0.15) is 9.30 Å². The number of aromatic nitrogens is 1. The van der Waals surface area contributed by atoms with E-state index in [0.29, 0.717) is 22.6 Å². The van der Waals surface area contributed by atoms with Gasteiger partial charge in [-0.25, -0.2) is 22.0 Å². The third kappa shape index (κ3) is 5.94. The normalized spacial score (nSPS) is 12.9. The molecule has 0 spiro atoms. The van der Waals surface area contributed by atoms with Gasteiger partial charge in [-0.3, -0.25) is 4.79 Å². The molecule has 0 fully saturated rings. The number of rotatable bonds is 9. The Hall–Kier alpha value is -3.16. The number of fused-ring (bicyclic) bond motifs is 1. The lowest BCUT2D eigenvalue weighted by Crippen LogP contribution is -2.30. The molecule has 0 aliphatic heterocycles. The number of thiazole rings is 1. The van der Waals surface area contributed by atoms with Gasteiger partial charge < -0.3 is 4.57 Å². The number of aryl methyl sites for hydroxylation is 1. The van der Waals surface area contributed by atoms with Crippen molar-refractivity contribution >= 4 is 47.5 Å². The molecule has 0 unspecified atom stereocenters. The lowest BCUT2D eigenvalue weighted by atomic mass is 10.2. The third-order valence-corrected chi connectivity index (χ3v) is 9.81. The molecule has 0 aliphatic rings. The highest BCUT2D eigenvalue weighted by Gasteiger charge is 2.23. The molecule has 9 nitrogen and oxygen atoms in total. The monoisotopic (exact) mass is 572 g/mol.